The Labute approximate surface area is 110 Å². The van der Waals surface area contributed by atoms with E-state index in [9.17, 15) is 14.4 Å². The number of Topliss-reactive ketones (excluding diaryl/α,β-unsaturated/α-hetero) is 1. The third kappa shape index (κ3) is 4.51. The predicted molar refractivity (Wildman–Crippen MR) is 69.4 cm³/mol. The standard InChI is InChI=1S/C13H16N2O4/c1-8(16)12(17)15-10-5-3-9(4-6-10)7-11(14)13(18)19-2/h3-6,11H,7,14H2,1-2H3,(H,15,17). The van der Waals surface area contributed by atoms with Gasteiger partial charge in [0.15, 0.2) is 0 Å². The smallest absolute Gasteiger partial charge is 0.322 e. The first-order chi connectivity index (χ1) is 8.93. The second-order valence-corrected chi connectivity index (χ2v) is 4.04. The van der Waals surface area contributed by atoms with Gasteiger partial charge in [0.2, 0.25) is 5.78 Å². The summed E-state index contributed by atoms with van der Waals surface area (Å²) in [7, 11) is 1.28. The van der Waals surface area contributed by atoms with E-state index in [1.807, 2.05) is 0 Å². The van der Waals surface area contributed by atoms with E-state index in [-0.39, 0.29) is 0 Å². The molecule has 6 nitrogen and oxygen atoms in total. The number of carbonyl (C=O) groups is 3. The molecule has 1 aromatic rings. The molecule has 102 valence electrons. The topological polar surface area (TPSA) is 98.5 Å². The number of benzene rings is 1. The van der Waals surface area contributed by atoms with E-state index in [0.717, 1.165) is 5.56 Å². The molecule has 0 spiro atoms. The van der Waals surface area contributed by atoms with Crippen molar-refractivity contribution in [3.63, 3.8) is 0 Å². The number of rotatable bonds is 5. The van der Waals surface area contributed by atoms with Crippen LogP contribution in [0.1, 0.15) is 12.5 Å². The Morgan fingerprint density at radius 3 is 2.32 bits per heavy atom. The number of ketones is 1. The van der Waals surface area contributed by atoms with Gasteiger partial charge < -0.3 is 15.8 Å². The first kappa shape index (κ1) is 14.8. The molecule has 0 heterocycles. The van der Waals surface area contributed by atoms with Gasteiger partial charge in [-0.1, -0.05) is 12.1 Å². The molecule has 0 saturated heterocycles. The molecule has 1 atom stereocenters. The maximum absolute atomic E-state index is 11.2. The Morgan fingerprint density at radius 1 is 1.26 bits per heavy atom. The normalized spacial score (nSPS) is 11.5. The Hall–Kier alpha value is -2.21. The van der Waals surface area contributed by atoms with Crippen molar-refractivity contribution in [3.05, 3.63) is 29.8 Å². The Morgan fingerprint density at radius 2 is 1.84 bits per heavy atom. The van der Waals surface area contributed by atoms with Gasteiger partial charge in [0, 0.05) is 12.6 Å². The van der Waals surface area contributed by atoms with E-state index >= 15 is 0 Å². The number of nitrogens with two attached hydrogens (primary N) is 1. The van der Waals surface area contributed by atoms with E-state index in [1.54, 1.807) is 24.3 Å². The van der Waals surface area contributed by atoms with Crippen molar-refractivity contribution in [3.8, 4) is 0 Å². The van der Waals surface area contributed by atoms with Gasteiger partial charge in [0.1, 0.15) is 6.04 Å². The molecule has 0 radical (unpaired) electrons. The number of anilines is 1. The first-order valence-electron chi connectivity index (χ1n) is 5.68. The van der Waals surface area contributed by atoms with Crippen molar-refractivity contribution in [1.82, 2.24) is 0 Å². The molecule has 0 fully saturated rings. The molecule has 1 aromatic carbocycles. The first-order valence-corrected chi connectivity index (χ1v) is 5.68. The van der Waals surface area contributed by atoms with Crippen molar-refractivity contribution in [2.45, 2.75) is 19.4 Å². The van der Waals surface area contributed by atoms with Gasteiger partial charge in [-0.05, 0) is 24.1 Å². The van der Waals surface area contributed by atoms with E-state index in [1.165, 1.54) is 14.0 Å². The fourth-order valence-corrected chi connectivity index (χ4v) is 1.43. The molecule has 3 N–H and O–H groups in total. The van der Waals surface area contributed by atoms with Gasteiger partial charge >= 0.3 is 5.97 Å². The molecular weight excluding hydrogens is 248 g/mol. The summed E-state index contributed by atoms with van der Waals surface area (Å²) in [6.07, 6.45) is 0.341. The number of methoxy groups -OCH3 is 1. The minimum Gasteiger partial charge on any atom is -0.468 e. The Kier molecular flexibility index (Phi) is 5.20. The summed E-state index contributed by atoms with van der Waals surface area (Å²) in [5, 5.41) is 2.44. The van der Waals surface area contributed by atoms with Crippen LogP contribution < -0.4 is 11.1 Å². The average Bonchev–Trinajstić information content (AvgIpc) is 2.39. The number of esters is 1. The van der Waals surface area contributed by atoms with Crippen molar-refractivity contribution < 1.29 is 19.1 Å². The van der Waals surface area contributed by atoms with Gasteiger partial charge in [-0.15, -0.1) is 0 Å². The van der Waals surface area contributed by atoms with E-state index in [0.29, 0.717) is 12.1 Å². The largest absolute Gasteiger partial charge is 0.468 e. The monoisotopic (exact) mass is 264 g/mol. The molecule has 0 aromatic heterocycles. The third-order valence-electron chi connectivity index (χ3n) is 2.49. The Bertz CT molecular complexity index is 482. The zero-order valence-corrected chi connectivity index (χ0v) is 10.8. The number of amides is 1. The summed E-state index contributed by atoms with van der Waals surface area (Å²) in [6, 6.07) is 6.00. The molecule has 19 heavy (non-hydrogen) atoms. The molecule has 1 rings (SSSR count). The fourth-order valence-electron chi connectivity index (χ4n) is 1.43. The molecule has 0 saturated carbocycles. The quantitative estimate of drug-likeness (QED) is 0.587. The molecule has 1 amide bonds. The summed E-state index contributed by atoms with van der Waals surface area (Å²) >= 11 is 0. The fraction of sp³-hybridized carbons (Fsp3) is 0.308. The van der Waals surface area contributed by atoms with Crippen LogP contribution in [0.2, 0.25) is 0 Å². The zero-order valence-electron chi connectivity index (χ0n) is 10.8. The molecule has 0 aliphatic carbocycles. The van der Waals surface area contributed by atoms with Gasteiger partial charge in [-0.25, -0.2) is 0 Å². The molecule has 0 bridgehead atoms. The molecule has 6 heteroatoms. The van der Waals surface area contributed by atoms with Crippen molar-refractivity contribution in [1.29, 1.82) is 0 Å². The van der Waals surface area contributed by atoms with Crippen LogP contribution in [0.4, 0.5) is 5.69 Å². The second kappa shape index (κ2) is 6.65. The maximum atomic E-state index is 11.2. The second-order valence-electron chi connectivity index (χ2n) is 4.04. The van der Waals surface area contributed by atoms with E-state index in [4.69, 9.17) is 5.73 Å². The maximum Gasteiger partial charge on any atom is 0.322 e. The minimum atomic E-state index is -0.720. The zero-order chi connectivity index (χ0) is 14.4. The molecule has 0 aliphatic heterocycles. The highest BCUT2D eigenvalue weighted by molar-refractivity contribution is 6.39. The van der Waals surface area contributed by atoms with Crippen LogP contribution in [0.3, 0.4) is 0 Å². The molecular formula is C13H16N2O4. The van der Waals surface area contributed by atoms with Crippen LogP contribution in [0, 0.1) is 0 Å². The van der Waals surface area contributed by atoms with Crippen LogP contribution >= 0.6 is 0 Å². The minimum absolute atomic E-state index is 0.341. The van der Waals surface area contributed by atoms with E-state index in [2.05, 4.69) is 10.1 Å². The van der Waals surface area contributed by atoms with Gasteiger partial charge in [-0.3, -0.25) is 14.4 Å². The summed E-state index contributed by atoms with van der Waals surface area (Å²) in [5.41, 5.74) is 6.97. The van der Waals surface area contributed by atoms with Gasteiger partial charge in [-0.2, -0.15) is 0 Å². The summed E-state index contributed by atoms with van der Waals surface area (Å²) < 4.78 is 4.53. The highest BCUT2D eigenvalue weighted by Gasteiger charge is 2.14. The summed E-state index contributed by atoms with van der Waals surface area (Å²) in [5.74, 6) is -1.70. The van der Waals surface area contributed by atoms with Crippen LogP contribution in [-0.4, -0.2) is 30.8 Å². The van der Waals surface area contributed by atoms with Crippen LogP contribution in [0.25, 0.3) is 0 Å². The van der Waals surface area contributed by atoms with Gasteiger partial charge in [0.25, 0.3) is 5.91 Å². The van der Waals surface area contributed by atoms with Crippen molar-refractivity contribution >= 4 is 23.3 Å². The van der Waals surface area contributed by atoms with Crippen LogP contribution in [-0.2, 0) is 25.5 Å². The lowest BCUT2D eigenvalue weighted by Gasteiger charge is -2.09. The van der Waals surface area contributed by atoms with Gasteiger partial charge in [0.05, 0.1) is 7.11 Å². The number of hydrogen-bond acceptors (Lipinski definition) is 5. The lowest BCUT2D eigenvalue weighted by atomic mass is 10.1. The number of carbonyl (C=O) groups excluding carboxylic acids is 3. The lowest BCUT2D eigenvalue weighted by molar-refractivity contribution is -0.142. The summed E-state index contributed by atoms with van der Waals surface area (Å²) in [4.78, 5) is 33.1. The molecule has 1 unspecified atom stereocenters. The van der Waals surface area contributed by atoms with Crippen molar-refractivity contribution in [2.75, 3.05) is 12.4 Å². The predicted octanol–water partition coefficient (Wildman–Crippen LogP) is 0.257. The SMILES string of the molecule is COC(=O)C(N)Cc1ccc(NC(=O)C(C)=O)cc1. The number of ether oxygens (including phenoxy) is 1. The number of nitrogens with one attached hydrogen (secondary N) is 1. The highest BCUT2D eigenvalue weighted by atomic mass is 16.5. The average molecular weight is 264 g/mol. The lowest BCUT2D eigenvalue weighted by Crippen LogP contribution is -2.33. The van der Waals surface area contributed by atoms with E-state index < -0.39 is 23.7 Å². The Balaban J connectivity index is 2.64. The van der Waals surface area contributed by atoms with Crippen molar-refractivity contribution in [2.24, 2.45) is 5.73 Å². The van der Waals surface area contributed by atoms with Crippen LogP contribution in [0.5, 0.6) is 0 Å². The highest BCUT2D eigenvalue weighted by Crippen LogP contribution is 2.11. The summed E-state index contributed by atoms with van der Waals surface area (Å²) in [6.45, 7) is 1.19. The molecule has 0 aliphatic rings. The third-order valence-corrected chi connectivity index (χ3v) is 2.49. The number of hydrogen-bond donors (Lipinski definition) is 2. The van der Waals surface area contributed by atoms with Crippen LogP contribution in [0.15, 0.2) is 24.3 Å².